The number of carbonyl (C=O) groups is 2. The van der Waals surface area contributed by atoms with Gasteiger partial charge in [0.1, 0.15) is 17.4 Å². The number of nitrogens with one attached hydrogen (secondary N) is 1. The van der Waals surface area contributed by atoms with E-state index in [0.29, 0.717) is 28.4 Å². The van der Waals surface area contributed by atoms with Crippen molar-refractivity contribution in [2.75, 3.05) is 14.2 Å². The summed E-state index contributed by atoms with van der Waals surface area (Å²) in [4.78, 5) is 24.2. The first kappa shape index (κ1) is 15.9. The number of rotatable bonds is 6. The number of benzene rings is 1. The molecule has 1 atom stereocenters. The van der Waals surface area contributed by atoms with E-state index >= 15 is 0 Å². The number of hydrogen-bond acceptors (Lipinski definition) is 6. The maximum Gasteiger partial charge on any atom is 0.343 e. The number of cyclic esters (lactones) is 1. The zero-order chi connectivity index (χ0) is 17.1. The molecular formula is C17H17NO6. The van der Waals surface area contributed by atoms with Crippen LogP contribution in [0.15, 0.2) is 34.9 Å². The van der Waals surface area contributed by atoms with E-state index < -0.39 is 12.1 Å². The fourth-order valence-corrected chi connectivity index (χ4v) is 2.66. The number of esters is 1. The van der Waals surface area contributed by atoms with E-state index in [1.54, 1.807) is 24.3 Å². The predicted molar refractivity (Wildman–Crippen MR) is 82.9 cm³/mol. The summed E-state index contributed by atoms with van der Waals surface area (Å²) in [5.74, 6) is 0.643. The molecule has 7 nitrogen and oxygen atoms in total. The van der Waals surface area contributed by atoms with Crippen LogP contribution in [0.3, 0.4) is 0 Å². The first-order chi connectivity index (χ1) is 11.6. The van der Waals surface area contributed by atoms with Crippen molar-refractivity contribution in [1.29, 1.82) is 0 Å². The topological polar surface area (TPSA) is 87.0 Å². The van der Waals surface area contributed by atoms with Gasteiger partial charge < -0.3 is 23.9 Å². The van der Waals surface area contributed by atoms with E-state index in [-0.39, 0.29) is 18.9 Å². The Morgan fingerprint density at radius 2 is 2.08 bits per heavy atom. The maximum atomic E-state index is 12.1. The fourth-order valence-electron chi connectivity index (χ4n) is 2.66. The molecule has 2 heterocycles. The Kier molecular flexibility index (Phi) is 4.41. The van der Waals surface area contributed by atoms with Crippen LogP contribution in [-0.2, 0) is 16.1 Å². The Labute approximate surface area is 138 Å². The van der Waals surface area contributed by atoms with Gasteiger partial charge in [-0.1, -0.05) is 6.07 Å². The van der Waals surface area contributed by atoms with Crippen LogP contribution in [0.25, 0.3) is 0 Å². The first-order valence-corrected chi connectivity index (χ1v) is 7.39. The minimum absolute atomic E-state index is 0.0227. The molecule has 0 bridgehead atoms. The number of amides is 1. The van der Waals surface area contributed by atoms with E-state index in [0.717, 1.165) is 0 Å². The molecule has 1 aliphatic heterocycles. The summed E-state index contributed by atoms with van der Waals surface area (Å²) in [7, 11) is 2.94. The number of ether oxygens (including phenoxy) is 3. The molecule has 24 heavy (non-hydrogen) atoms. The Bertz CT molecular complexity index is 753. The quantitative estimate of drug-likeness (QED) is 0.817. The fraction of sp³-hybridized carbons (Fsp3) is 0.294. The second kappa shape index (κ2) is 6.66. The summed E-state index contributed by atoms with van der Waals surface area (Å²) in [5, 5.41) is 2.73. The lowest BCUT2D eigenvalue weighted by molar-refractivity contribution is -0.123. The summed E-state index contributed by atoms with van der Waals surface area (Å²) in [6, 6.07) is 6.91. The molecule has 1 amide bonds. The summed E-state index contributed by atoms with van der Waals surface area (Å²) in [6.45, 7) is 0.283. The number of fused-ring (bicyclic) bond motifs is 1. The molecular weight excluding hydrogens is 314 g/mol. The highest BCUT2D eigenvalue weighted by Gasteiger charge is 2.36. The molecule has 1 N–H and O–H groups in total. The highest BCUT2D eigenvalue weighted by molar-refractivity contribution is 5.98. The molecule has 2 aromatic rings. The van der Waals surface area contributed by atoms with Crippen LogP contribution in [0.5, 0.6) is 11.5 Å². The van der Waals surface area contributed by atoms with Gasteiger partial charge in [-0.25, -0.2) is 4.79 Å². The molecule has 1 aliphatic rings. The highest BCUT2D eigenvalue weighted by Crippen LogP contribution is 2.42. The number of hydrogen-bond donors (Lipinski definition) is 1. The lowest BCUT2D eigenvalue weighted by Crippen LogP contribution is -2.24. The first-order valence-electron chi connectivity index (χ1n) is 7.39. The molecule has 0 unspecified atom stereocenters. The SMILES string of the molecule is COc1ccc2c(c1OC)C(=O)O[C@@H]2CC(=O)NCc1ccco1. The number of carbonyl (C=O) groups excluding carboxylic acids is 2. The van der Waals surface area contributed by atoms with Gasteiger partial charge in [-0.15, -0.1) is 0 Å². The summed E-state index contributed by atoms with van der Waals surface area (Å²) < 4.78 is 20.9. The molecule has 1 aromatic carbocycles. The lowest BCUT2D eigenvalue weighted by Gasteiger charge is -2.12. The van der Waals surface area contributed by atoms with Crippen molar-refractivity contribution in [1.82, 2.24) is 5.32 Å². The zero-order valence-electron chi connectivity index (χ0n) is 13.3. The third-order valence-electron chi connectivity index (χ3n) is 3.79. The normalized spacial score (nSPS) is 15.6. The Hall–Kier alpha value is -2.96. The van der Waals surface area contributed by atoms with Crippen molar-refractivity contribution in [3.8, 4) is 11.5 Å². The highest BCUT2D eigenvalue weighted by atomic mass is 16.6. The molecule has 0 spiro atoms. The summed E-state index contributed by atoms with van der Waals surface area (Å²) in [6.07, 6.45) is 0.911. The zero-order valence-corrected chi connectivity index (χ0v) is 13.3. The molecule has 1 aromatic heterocycles. The van der Waals surface area contributed by atoms with Crippen molar-refractivity contribution < 1.29 is 28.2 Å². The van der Waals surface area contributed by atoms with Crippen LogP contribution in [-0.4, -0.2) is 26.1 Å². The Morgan fingerprint density at radius 3 is 2.75 bits per heavy atom. The van der Waals surface area contributed by atoms with E-state index in [1.165, 1.54) is 20.5 Å². The van der Waals surface area contributed by atoms with Gasteiger partial charge in [-0.05, 0) is 18.2 Å². The Balaban J connectivity index is 1.73. The van der Waals surface area contributed by atoms with Crippen LogP contribution in [0.4, 0.5) is 0 Å². The van der Waals surface area contributed by atoms with Crippen molar-refractivity contribution in [3.05, 3.63) is 47.4 Å². The van der Waals surface area contributed by atoms with Gasteiger partial charge in [0.05, 0.1) is 33.4 Å². The van der Waals surface area contributed by atoms with E-state index in [4.69, 9.17) is 18.6 Å². The Morgan fingerprint density at radius 1 is 1.25 bits per heavy atom. The van der Waals surface area contributed by atoms with Gasteiger partial charge in [-0.3, -0.25) is 4.79 Å². The smallest absolute Gasteiger partial charge is 0.343 e. The van der Waals surface area contributed by atoms with Crippen molar-refractivity contribution in [2.45, 2.75) is 19.1 Å². The molecule has 7 heteroatoms. The maximum absolute atomic E-state index is 12.1. The van der Waals surface area contributed by atoms with Crippen LogP contribution >= 0.6 is 0 Å². The molecule has 3 rings (SSSR count). The minimum Gasteiger partial charge on any atom is -0.493 e. The molecule has 0 aliphatic carbocycles. The number of methoxy groups -OCH3 is 2. The van der Waals surface area contributed by atoms with Gasteiger partial charge in [-0.2, -0.15) is 0 Å². The van der Waals surface area contributed by atoms with Crippen LogP contribution < -0.4 is 14.8 Å². The van der Waals surface area contributed by atoms with Crippen molar-refractivity contribution in [3.63, 3.8) is 0 Å². The van der Waals surface area contributed by atoms with Crippen LogP contribution in [0.1, 0.15) is 34.2 Å². The molecule has 126 valence electrons. The molecule has 0 fully saturated rings. The third-order valence-corrected chi connectivity index (χ3v) is 3.79. The second-order valence-electron chi connectivity index (χ2n) is 5.22. The van der Waals surface area contributed by atoms with E-state index in [9.17, 15) is 9.59 Å². The van der Waals surface area contributed by atoms with Gasteiger partial charge in [0, 0.05) is 5.56 Å². The predicted octanol–water partition coefficient (Wildman–Crippen LogP) is 2.21. The van der Waals surface area contributed by atoms with E-state index in [2.05, 4.69) is 5.32 Å². The molecule has 0 radical (unpaired) electrons. The van der Waals surface area contributed by atoms with Crippen LogP contribution in [0, 0.1) is 0 Å². The second-order valence-corrected chi connectivity index (χ2v) is 5.22. The van der Waals surface area contributed by atoms with Gasteiger partial charge in [0.15, 0.2) is 11.5 Å². The van der Waals surface area contributed by atoms with Crippen molar-refractivity contribution in [2.24, 2.45) is 0 Å². The van der Waals surface area contributed by atoms with Crippen LogP contribution in [0.2, 0.25) is 0 Å². The summed E-state index contributed by atoms with van der Waals surface area (Å²) >= 11 is 0. The van der Waals surface area contributed by atoms with Gasteiger partial charge >= 0.3 is 5.97 Å². The number of furan rings is 1. The largest absolute Gasteiger partial charge is 0.493 e. The van der Waals surface area contributed by atoms with Gasteiger partial charge in [0.25, 0.3) is 0 Å². The lowest BCUT2D eigenvalue weighted by atomic mass is 10.0. The minimum atomic E-state index is -0.649. The summed E-state index contributed by atoms with van der Waals surface area (Å²) in [5.41, 5.74) is 0.923. The monoisotopic (exact) mass is 331 g/mol. The molecule has 0 saturated heterocycles. The van der Waals surface area contributed by atoms with Crippen molar-refractivity contribution >= 4 is 11.9 Å². The van der Waals surface area contributed by atoms with E-state index in [1.807, 2.05) is 0 Å². The molecule has 0 saturated carbocycles. The average molecular weight is 331 g/mol. The standard InChI is InChI=1S/C17H17NO6/c1-21-12-6-5-11-13(24-17(20)15(11)16(12)22-2)8-14(19)18-9-10-4-3-7-23-10/h3-7,13H,8-9H2,1-2H3,(H,18,19)/t13-/m1/s1. The van der Waals surface area contributed by atoms with Gasteiger partial charge in [0.2, 0.25) is 5.91 Å². The average Bonchev–Trinajstić information content (AvgIpc) is 3.21. The third kappa shape index (κ3) is 2.92.